The molecule has 1 aromatic rings. The maximum atomic E-state index is 6.16. The van der Waals surface area contributed by atoms with Crippen molar-refractivity contribution in [1.82, 2.24) is 0 Å². The van der Waals surface area contributed by atoms with Crippen LogP contribution in [0.3, 0.4) is 0 Å². The van der Waals surface area contributed by atoms with E-state index in [2.05, 4.69) is 52.0 Å². The fraction of sp³-hybridized carbons (Fsp3) is 0.727. The first-order chi connectivity index (χ1) is 11.5. The van der Waals surface area contributed by atoms with E-state index in [1.54, 1.807) is 7.11 Å². The zero-order valence-electron chi connectivity index (χ0n) is 16.3. The smallest absolute Gasteiger partial charge is 0.202 e. The second-order valence-electron chi connectivity index (χ2n) is 8.17. The highest BCUT2D eigenvalue weighted by Gasteiger charge is 2.25. The Morgan fingerprint density at radius 3 is 2.08 bits per heavy atom. The van der Waals surface area contributed by atoms with Gasteiger partial charge in [0.1, 0.15) is 5.75 Å². The SMILES string of the molecule is COC(Oc1ccc(C(CC(C)C)C(C)C)cc1)C1CCCCC1. The van der Waals surface area contributed by atoms with Crippen LogP contribution in [0.25, 0.3) is 0 Å². The summed E-state index contributed by atoms with van der Waals surface area (Å²) in [5.41, 5.74) is 1.43. The van der Waals surface area contributed by atoms with Gasteiger partial charge < -0.3 is 9.47 Å². The van der Waals surface area contributed by atoms with Gasteiger partial charge in [0.25, 0.3) is 0 Å². The van der Waals surface area contributed by atoms with Crippen LogP contribution in [0.4, 0.5) is 0 Å². The predicted octanol–water partition coefficient (Wildman–Crippen LogP) is 6.40. The van der Waals surface area contributed by atoms with Crippen LogP contribution >= 0.6 is 0 Å². The largest absolute Gasteiger partial charge is 0.465 e. The van der Waals surface area contributed by atoms with Crippen LogP contribution in [0, 0.1) is 17.8 Å². The minimum Gasteiger partial charge on any atom is -0.465 e. The molecule has 0 amide bonds. The van der Waals surface area contributed by atoms with E-state index in [1.807, 2.05) is 0 Å². The quantitative estimate of drug-likeness (QED) is 0.512. The van der Waals surface area contributed by atoms with Gasteiger partial charge in [-0.3, -0.25) is 0 Å². The number of benzene rings is 1. The highest BCUT2D eigenvalue weighted by atomic mass is 16.7. The second-order valence-corrected chi connectivity index (χ2v) is 8.17. The number of hydrogen-bond acceptors (Lipinski definition) is 2. The van der Waals surface area contributed by atoms with Crippen molar-refractivity contribution in [2.24, 2.45) is 17.8 Å². The molecule has 0 heterocycles. The van der Waals surface area contributed by atoms with Gasteiger partial charge in [-0.25, -0.2) is 0 Å². The minimum atomic E-state index is -0.104. The summed E-state index contributed by atoms with van der Waals surface area (Å²) in [5.74, 6) is 3.47. The summed E-state index contributed by atoms with van der Waals surface area (Å²) in [4.78, 5) is 0. The van der Waals surface area contributed by atoms with Gasteiger partial charge in [0, 0.05) is 13.0 Å². The molecule has 0 radical (unpaired) electrons. The number of ether oxygens (including phenoxy) is 2. The van der Waals surface area contributed by atoms with Crippen molar-refractivity contribution in [2.45, 2.75) is 78.4 Å². The lowest BCUT2D eigenvalue weighted by molar-refractivity contribution is -0.101. The number of rotatable bonds is 8. The third-order valence-electron chi connectivity index (χ3n) is 5.36. The first-order valence-corrected chi connectivity index (χ1v) is 9.80. The molecule has 136 valence electrons. The Bertz CT molecular complexity index is 457. The Morgan fingerprint density at radius 1 is 0.958 bits per heavy atom. The molecule has 1 aliphatic carbocycles. The van der Waals surface area contributed by atoms with Gasteiger partial charge in [-0.2, -0.15) is 0 Å². The van der Waals surface area contributed by atoms with Gasteiger partial charge in [-0.1, -0.05) is 59.1 Å². The Kier molecular flexibility index (Phi) is 7.61. The van der Waals surface area contributed by atoms with Crippen LogP contribution in [-0.4, -0.2) is 13.4 Å². The van der Waals surface area contributed by atoms with Crippen molar-refractivity contribution < 1.29 is 9.47 Å². The molecule has 1 aliphatic rings. The molecule has 1 fully saturated rings. The first-order valence-electron chi connectivity index (χ1n) is 9.80. The number of methoxy groups -OCH3 is 1. The Balaban J connectivity index is 2.01. The first kappa shape index (κ1) is 19.3. The monoisotopic (exact) mass is 332 g/mol. The van der Waals surface area contributed by atoms with E-state index in [4.69, 9.17) is 9.47 Å². The van der Waals surface area contributed by atoms with Gasteiger partial charge in [-0.05, 0) is 54.7 Å². The van der Waals surface area contributed by atoms with Crippen molar-refractivity contribution in [3.63, 3.8) is 0 Å². The molecular formula is C22H36O2. The topological polar surface area (TPSA) is 18.5 Å². The fourth-order valence-corrected chi connectivity index (χ4v) is 3.97. The molecule has 0 bridgehead atoms. The van der Waals surface area contributed by atoms with Gasteiger partial charge >= 0.3 is 0 Å². The molecule has 1 aromatic carbocycles. The lowest BCUT2D eigenvalue weighted by atomic mass is 9.82. The highest BCUT2D eigenvalue weighted by molar-refractivity contribution is 5.30. The average Bonchev–Trinajstić information content (AvgIpc) is 2.58. The number of hydrogen-bond donors (Lipinski definition) is 0. The van der Waals surface area contributed by atoms with E-state index in [-0.39, 0.29) is 6.29 Å². The highest BCUT2D eigenvalue weighted by Crippen LogP contribution is 2.33. The van der Waals surface area contributed by atoms with E-state index in [0.717, 1.165) is 11.7 Å². The van der Waals surface area contributed by atoms with Crippen LogP contribution < -0.4 is 4.74 Å². The van der Waals surface area contributed by atoms with Gasteiger partial charge in [-0.15, -0.1) is 0 Å². The zero-order valence-corrected chi connectivity index (χ0v) is 16.3. The predicted molar refractivity (Wildman–Crippen MR) is 101 cm³/mol. The van der Waals surface area contributed by atoms with Crippen LogP contribution in [0.2, 0.25) is 0 Å². The van der Waals surface area contributed by atoms with Crippen LogP contribution in [-0.2, 0) is 4.74 Å². The van der Waals surface area contributed by atoms with E-state index in [1.165, 1.54) is 44.1 Å². The molecule has 2 nitrogen and oxygen atoms in total. The molecule has 0 aromatic heterocycles. The molecule has 0 aliphatic heterocycles. The van der Waals surface area contributed by atoms with Crippen LogP contribution in [0.15, 0.2) is 24.3 Å². The van der Waals surface area contributed by atoms with Gasteiger partial charge in [0.2, 0.25) is 6.29 Å². The Morgan fingerprint density at radius 2 is 1.58 bits per heavy atom. The van der Waals surface area contributed by atoms with Crippen molar-refractivity contribution in [1.29, 1.82) is 0 Å². The minimum absolute atomic E-state index is 0.104. The van der Waals surface area contributed by atoms with Crippen molar-refractivity contribution in [3.05, 3.63) is 29.8 Å². The summed E-state index contributed by atoms with van der Waals surface area (Å²) < 4.78 is 11.8. The van der Waals surface area contributed by atoms with Gasteiger partial charge in [0.15, 0.2) is 0 Å². The van der Waals surface area contributed by atoms with E-state index in [9.17, 15) is 0 Å². The van der Waals surface area contributed by atoms with E-state index < -0.39 is 0 Å². The molecule has 0 spiro atoms. The molecule has 2 unspecified atom stereocenters. The maximum absolute atomic E-state index is 6.16. The Labute approximate surface area is 148 Å². The van der Waals surface area contributed by atoms with Crippen molar-refractivity contribution >= 4 is 0 Å². The van der Waals surface area contributed by atoms with Gasteiger partial charge in [0.05, 0.1) is 0 Å². The molecule has 2 heteroatoms. The van der Waals surface area contributed by atoms with Crippen molar-refractivity contribution in [2.75, 3.05) is 7.11 Å². The second kappa shape index (κ2) is 9.46. The summed E-state index contributed by atoms with van der Waals surface area (Å²) in [6, 6.07) is 8.74. The third kappa shape index (κ3) is 5.51. The lowest BCUT2D eigenvalue weighted by Gasteiger charge is -2.29. The average molecular weight is 333 g/mol. The summed E-state index contributed by atoms with van der Waals surface area (Å²) in [6.45, 7) is 9.25. The summed E-state index contributed by atoms with van der Waals surface area (Å²) >= 11 is 0. The Hall–Kier alpha value is -1.02. The molecule has 1 saturated carbocycles. The molecule has 2 atom stereocenters. The van der Waals surface area contributed by atoms with E-state index >= 15 is 0 Å². The third-order valence-corrected chi connectivity index (χ3v) is 5.36. The summed E-state index contributed by atoms with van der Waals surface area (Å²) in [5, 5.41) is 0. The van der Waals surface area contributed by atoms with E-state index in [0.29, 0.717) is 17.8 Å². The van der Waals surface area contributed by atoms with Crippen LogP contribution in [0.1, 0.15) is 77.7 Å². The molecule has 0 saturated heterocycles. The maximum Gasteiger partial charge on any atom is 0.202 e. The lowest BCUT2D eigenvalue weighted by Crippen LogP contribution is -2.30. The standard InChI is InChI=1S/C22H36O2/c1-16(2)15-21(17(3)4)18-11-13-20(14-12-18)24-22(23-5)19-9-7-6-8-10-19/h11-14,16-17,19,21-22H,6-10,15H2,1-5H3. The fourth-order valence-electron chi connectivity index (χ4n) is 3.97. The molecular weight excluding hydrogens is 296 g/mol. The summed E-state index contributed by atoms with van der Waals surface area (Å²) in [6.07, 6.45) is 7.54. The molecule has 2 rings (SSSR count). The molecule has 0 N–H and O–H groups in total. The molecule has 24 heavy (non-hydrogen) atoms. The normalized spacial score (nSPS) is 18.8. The zero-order chi connectivity index (χ0) is 17.5. The summed E-state index contributed by atoms with van der Waals surface area (Å²) in [7, 11) is 1.77. The van der Waals surface area contributed by atoms with Crippen molar-refractivity contribution in [3.8, 4) is 5.75 Å². The van der Waals surface area contributed by atoms with Crippen LogP contribution in [0.5, 0.6) is 5.75 Å².